The van der Waals surface area contributed by atoms with Gasteiger partial charge in [0.1, 0.15) is 0 Å². The number of ether oxygens (including phenoxy) is 1. The molecular formula is C9H16O. The van der Waals surface area contributed by atoms with Crippen LogP contribution in [0.25, 0.3) is 0 Å². The fourth-order valence-electron chi connectivity index (χ4n) is 2.33. The molecule has 2 rings (SSSR count). The predicted molar refractivity (Wildman–Crippen MR) is 40.9 cm³/mol. The molecule has 2 atom stereocenters. The summed E-state index contributed by atoms with van der Waals surface area (Å²) in [5.41, 5.74) is 0.809. The van der Waals surface area contributed by atoms with Crippen LogP contribution in [0.4, 0.5) is 0 Å². The van der Waals surface area contributed by atoms with Crippen molar-refractivity contribution in [2.45, 2.75) is 39.2 Å². The third-order valence-electron chi connectivity index (χ3n) is 3.04. The molecule has 1 saturated carbocycles. The second kappa shape index (κ2) is 1.58. The zero-order chi connectivity index (χ0) is 7.41. The lowest BCUT2D eigenvalue weighted by Crippen LogP contribution is -2.33. The lowest BCUT2D eigenvalue weighted by atomic mass is 9.88. The topological polar surface area (TPSA) is 9.23 Å². The summed E-state index contributed by atoms with van der Waals surface area (Å²) in [6.07, 6.45) is 2.65. The predicted octanol–water partition coefficient (Wildman–Crippen LogP) is 2.21. The van der Waals surface area contributed by atoms with Crippen molar-refractivity contribution in [2.24, 2.45) is 11.3 Å². The molecule has 0 spiro atoms. The van der Waals surface area contributed by atoms with Gasteiger partial charge in [-0.05, 0) is 38.0 Å². The quantitative estimate of drug-likeness (QED) is 0.501. The highest BCUT2D eigenvalue weighted by atomic mass is 16.5. The van der Waals surface area contributed by atoms with E-state index >= 15 is 0 Å². The molecule has 0 radical (unpaired) electrons. The van der Waals surface area contributed by atoms with Crippen LogP contribution in [0.3, 0.4) is 0 Å². The van der Waals surface area contributed by atoms with Gasteiger partial charge in [0.25, 0.3) is 0 Å². The van der Waals surface area contributed by atoms with Crippen molar-refractivity contribution < 1.29 is 4.74 Å². The molecule has 0 aromatic rings. The van der Waals surface area contributed by atoms with E-state index in [9.17, 15) is 0 Å². The van der Waals surface area contributed by atoms with Crippen molar-refractivity contribution in [3.8, 4) is 0 Å². The highest BCUT2D eigenvalue weighted by molar-refractivity contribution is 5.04. The minimum Gasteiger partial charge on any atom is -0.375 e. The van der Waals surface area contributed by atoms with Crippen molar-refractivity contribution in [1.82, 2.24) is 0 Å². The Hall–Kier alpha value is -0.0400. The van der Waals surface area contributed by atoms with Gasteiger partial charge in [-0.2, -0.15) is 0 Å². The van der Waals surface area contributed by atoms with E-state index in [2.05, 4.69) is 20.8 Å². The molecule has 2 fully saturated rings. The minimum absolute atomic E-state index is 0.155. The van der Waals surface area contributed by atoms with Gasteiger partial charge in [-0.15, -0.1) is 0 Å². The Labute approximate surface area is 62.8 Å². The molecule has 0 aromatic heterocycles. The second-order valence-electron chi connectivity index (χ2n) is 4.80. The van der Waals surface area contributed by atoms with Crippen molar-refractivity contribution in [1.29, 1.82) is 0 Å². The molecular weight excluding hydrogens is 124 g/mol. The van der Waals surface area contributed by atoms with Crippen LogP contribution in [0.15, 0.2) is 0 Å². The molecule has 1 heteroatoms. The highest BCUT2D eigenvalue weighted by Crippen LogP contribution is 2.60. The maximum Gasteiger partial charge on any atom is 0.0632 e. The molecule has 10 heavy (non-hydrogen) atoms. The molecule has 0 bridgehead atoms. The smallest absolute Gasteiger partial charge is 0.0632 e. The summed E-state index contributed by atoms with van der Waals surface area (Å²) in [4.78, 5) is 0. The SMILES string of the molecule is CC1(C)C[C@@]2(C)C[C@H]2CO1. The first-order chi connectivity index (χ1) is 4.52. The monoisotopic (exact) mass is 140 g/mol. The van der Waals surface area contributed by atoms with Crippen LogP contribution < -0.4 is 0 Å². The van der Waals surface area contributed by atoms with Crippen molar-refractivity contribution >= 4 is 0 Å². The summed E-state index contributed by atoms with van der Waals surface area (Å²) in [5.74, 6) is 0.889. The van der Waals surface area contributed by atoms with Gasteiger partial charge in [-0.3, -0.25) is 0 Å². The zero-order valence-corrected chi connectivity index (χ0v) is 7.11. The third-order valence-corrected chi connectivity index (χ3v) is 3.04. The van der Waals surface area contributed by atoms with Gasteiger partial charge in [-0.25, -0.2) is 0 Å². The van der Waals surface area contributed by atoms with Gasteiger partial charge < -0.3 is 4.74 Å². The summed E-state index contributed by atoms with van der Waals surface area (Å²) in [5, 5.41) is 0. The standard InChI is InChI=1S/C9H16O/c1-8(2)6-9(3)4-7(9)5-10-8/h7H,4-6H2,1-3H3/t7-,9+/m0/s1. The molecule has 1 saturated heterocycles. The fourth-order valence-corrected chi connectivity index (χ4v) is 2.33. The summed E-state index contributed by atoms with van der Waals surface area (Å²) >= 11 is 0. The largest absolute Gasteiger partial charge is 0.375 e. The summed E-state index contributed by atoms with van der Waals surface area (Å²) < 4.78 is 5.68. The van der Waals surface area contributed by atoms with Gasteiger partial charge >= 0.3 is 0 Å². The third kappa shape index (κ3) is 0.878. The summed E-state index contributed by atoms with van der Waals surface area (Å²) in [6.45, 7) is 7.80. The van der Waals surface area contributed by atoms with Crippen LogP contribution >= 0.6 is 0 Å². The molecule has 1 nitrogen and oxygen atoms in total. The van der Waals surface area contributed by atoms with Crippen LogP contribution in [0.2, 0.25) is 0 Å². The van der Waals surface area contributed by atoms with E-state index in [1.165, 1.54) is 12.8 Å². The zero-order valence-electron chi connectivity index (χ0n) is 7.11. The first-order valence-electron chi connectivity index (χ1n) is 4.16. The Morgan fingerprint density at radius 3 is 2.50 bits per heavy atom. The first kappa shape index (κ1) is 6.66. The van der Waals surface area contributed by atoms with Gasteiger partial charge in [0.15, 0.2) is 0 Å². The average Bonchev–Trinajstić information content (AvgIpc) is 2.35. The van der Waals surface area contributed by atoms with Crippen molar-refractivity contribution in [3.63, 3.8) is 0 Å². The van der Waals surface area contributed by atoms with E-state index in [0.717, 1.165) is 12.5 Å². The van der Waals surface area contributed by atoms with E-state index in [-0.39, 0.29) is 5.60 Å². The Bertz CT molecular complexity index is 159. The normalized spacial score (nSPS) is 50.1. The van der Waals surface area contributed by atoms with Crippen LogP contribution in [0, 0.1) is 11.3 Å². The number of rotatable bonds is 0. The Balaban J connectivity index is 2.09. The summed E-state index contributed by atoms with van der Waals surface area (Å²) in [7, 11) is 0. The number of hydrogen-bond acceptors (Lipinski definition) is 1. The van der Waals surface area contributed by atoms with Crippen molar-refractivity contribution in [3.05, 3.63) is 0 Å². The lowest BCUT2D eigenvalue weighted by Gasteiger charge is -2.33. The maximum atomic E-state index is 5.68. The molecule has 0 N–H and O–H groups in total. The number of fused-ring (bicyclic) bond motifs is 1. The molecule has 1 aliphatic heterocycles. The lowest BCUT2D eigenvalue weighted by molar-refractivity contribution is -0.0723. The van der Waals surface area contributed by atoms with E-state index in [4.69, 9.17) is 4.74 Å². The van der Waals surface area contributed by atoms with Crippen molar-refractivity contribution in [2.75, 3.05) is 6.61 Å². The molecule has 0 unspecified atom stereocenters. The van der Waals surface area contributed by atoms with Gasteiger partial charge in [0.05, 0.1) is 12.2 Å². The van der Waals surface area contributed by atoms with E-state index in [1.807, 2.05) is 0 Å². The van der Waals surface area contributed by atoms with Gasteiger partial charge in [0, 0.05) is 0 Å². The van der Waals surface area contributed by atoms with Gasteiger partial charge in [-0.1, -0.05) is 6.92 Å². The minimum atomic E-state index is 0.155. The van der Waals surface area contributed by atoms with Crippen LogP contribution in [0.1, 0.15) is 33.6 Å². The van der Waals surface area contributed by atoms with E-state index in [0.29, 0.717) is 5.41 Å². The Morgan fingerprint density at radius 1 is 1.30 bits per heavy atom. The average molecular weight is 140 g/mol. The maximum absolute atomic E-state index is 5.68. The fraction of sp³-hybridized carbons (Fsp3) is 1.00. The molecule has 0 amide bonds. The second-order valence-corrected chi connectivity index (χ2v) is 4.80. The van der Waals surface area contributed by atoms with Crippen LogP contribution in [0.5, 0.6) is 0 Å². The molecule has 2 aliphatic rings. The van der Waals surface area contributed by atoms with Gasteiger partial charge in [0.2, 0.25) is 0 Å². The van der Waals surface area contributed by atoms with E-state index in [1.54, 1.807) is 0 Å². The molecule has 58 valence electrons. The van der Waals surface area contributed by atoms with E-state index < -0.39 is 0 Å². The van der Waals surface area contributed by atoms with Crippen LogP contribution in [-0.4, -0.2) is 12.2 Å². The summed E-state index contributed by atoms with van der Waals surface area (Å²) in [6, 6.07) is 0. The first-order valence-corrected chi connectivity index (χ1v) is 4.16. The Morgan fingerprint density at radius 2 is 2.00 bits per heavy atom. The highest BCUT2D eigenvalue weighted by Gasteiger charge is 2.55. The molecule has 1 heterocycles. The molecule has 0 aromatic carbocycles. The Kier molecular flexibility index (Phi) is 1.05. The van der Waals surface area contributed by atoms with Crippen LogP contribution in [-0.2, 0) is 4.74 Å². The molecule has 1 aliphatic carbocycles. The number of hydrogen-bond donors (Lipinski definition) is 0.